The van der Waals surface area contributed by atoms with Gasteiger partial charge in [-0.2, -0.15) is 5.10 Å². The van der Waals surface area contributed by atoms with E-state index in [4.69, 9.17) is 4.74 Å². The summed E-state index contributed by atoms with van der Waals surface area (Å²) >= 11 is 0. The van der Waals surface area contributed by atoms with Crippen LogP contribution >= 0.6 is 0 Å². The van der Waals surface area contributed by atoms with Crippen molar-refractivity contribution in [3.8, 4) is 0 Å². The average molecular weight is 310 g/mol. The van der Waals surface area contributed by atoms with E-state index in [9.17, 15) is 4.79 Å². The molecule has 3 aliphatic rings. The van der Waals surface area contributed by atoms with Gasteiger partial charge in [-0.05, 0) is 48.3 Å². The van der Waals surface area contributed by atoms with Crippen molar-refractivity contribution in [3.63, 3.8) is 0 Å². The summed E-state index contributed by atoms with van der Waals surface area (Å²) in [5.41, 5.74) is 3.40. The molecule has 2 atom stereocenters. The Balaban J connectivity index is 1.36. The van der Waals surface area contributed by atoms with Crippen LogP contribution in [-0.2, 0) is 4.74 Å². The van der Waals surface area contributed by atoms with Crippen molar-refractivity contribution in [1.82, 2.24) is 9.61 Å². The van der Waals surface area contributed by atoms with E-state index in [1.807, 2.05) is 12.1 Å². The molecule has 0 spiro atoms. The number of fused-ring (bicyclic) bond motifs is 2. The van der Waals surface area contributed by atoms with Gasteiger partial charge < -0.3 is 4.74 Å². The number of carbonyl (C=O) groups is 1. The summed E-state index contributed by atoms with van der Waals surface area (Å²) in [5.74, 6) is 1.28. The standard InChI is InChI=1S/C19H22N2O2/c1-19(2)15-4-3-13(17(19)12-15)7-10-23-18(22)14-6-9-21-16(11-14)5-8-20-21/h3,5-6,8-9,11,15,17H,4,7,10,12H2,1-2H3/t15-,17-/m0/s1. The minimum atomic E-state index is -0.254. The molecule has 0 aliphatic heterocycles. The van der Waals surface area contributed by atoms with Gasteiger partial charge in [0.2, 0.25) is 0 Å². The van der Waals surface area contributed by atoms with Crippen LogP contribution in [0.4, 0.5) is 0 Å². The summed E-state index contributed by atoms with van der Waals surface area (Å²) < 4.78 is 7.22. The molecule has 1 saturated carbocycles. The van der Waals surface area contributed by atoms with Crippen LogP contribution in [0.15, 0.2) is 42.2 Å². The maximum atomic E-state index is 12.2. The molecule has 4 nitrogen and oxygen atoms in total. The highest BCUT2D eigenvalue weighted by Crippen LogP contribution is 2.59. The molecule has 120 valence electrons. The summed E-state index contributed by atoms with van der Waals surface area (Å²) in [6.07, 6.45) is 9.23. The topological polar surface area (TPSA) is 43.6 Å². The van der Waals surface area contributed by atoms with E-state index in [1.165, 1.54) is 18.4 Å². The number of rotatable bonds is 4. The first-order valence-electron chi connectivity index (χ1n) is 8.35. The van der Waals surface area contributed by atoms with Crippen LogP contribution in [0.1, 0.15) is 43.5 Å². The van der Waals surface area contributed by atoms with Crippen LogP contribution in [0.2, 0.25) is 0 Å². The minimum Gasteiger partial charge on any atom is -0.462 e. The normalized spacial score (nSPS) is 24.9. The third-order valence-corrected chi connectivity index (χ3v) is 5.84. The van der Waals surface area contributed by atoms with Crippen LogP contribution in [0.5, 0.6) is 0 Å². The lowest BCUT2D eigenvalue weighted by Gasteiger charge is -2.56. The molecule has 0 aromatic carbocycles. The van der Waals surface area contributed by atoms with Gasteiger partial charge in [0.1, 0.15) is 0 Å². The van der Waals surface area contributed by atoms with Crippen LogP contribution in [-0.4, -0.2) is 22.2 Å². The zero-order chi connectivity index (χ0) is 16.0. The Morgan fingerprint density at radius 1 is 1.43 bits per heavy atom. The Labute approximate surface area is 136 Å². The molecular weight excluding hydrogens is 288 g/mol. The highest BCUT2D eigenvalue weighted by molar-refractivity contribution is 5.90. The second kappa shape index (κ2) is 5.22. The summed E-state index contributed by atoms with van der Waals surface area (Å²) in [5, 5.41) is 4.13. The van der Waals surface area contributed by atoms with E-state index in [2.05, 4.69) is 25.0 Å². The third kappa shape index (κ3) is 2.37. The molecule has 2 heterocycles. The van der Waals surface area contributed by atoms with Crippen LogP contribution in [0.3, 0.4) is 0 Å². The summed E-state index contributed by atoms with van der Waals surface area (Å²) in [7, 11) is 0. The number of carbonyl (C=O) groups excluding carboxylic acids is 1. The summed E-state index contributed by atoms with van der Waals surface area (Å²) in [4.78, 5) is 12.2. The van der Waals surface area contributed by atoms with E-state index in [0.29, 0.717) is 23.5 Å². The number of allylic oxidation sites excluding steroid dienone is 1. The van der Waals surface area contributed by atoms with Gasteiger partial charge in [0.25, 0.3) is 0 Å². The first-order chi connectivity index (χ1) is 11.1. The zero-order valence-corrected chi connectivity index (χ0v) is 13.7. The van der Waals surface area contributed by atoms with Crippen molar-refractivity contribution in [1.29, 1.82) is 0 Å². The molecule has 2 aromatic heterocycles. The molecule has 0 amide bonds. The quantitative estimate of drug-likeness (QED) is 0.636. The van der Waals surface area contributed by atoms with Crippen molar-refractivity contribution < 1.29 is 9.53 Å². The van der Waals surface area contributed by atoms with E-state index >= 15 is 0 Å². The summed E-state index contributed by atoms with van der Waals surface area (Å²) in [6.45, 7) is 5.20. The van der Waals surface area contributed by atoms with Crippen molar-refractivity contribution in [2.45, 2.75) is 33.1 Å². The number of nitrogens with zero attached hydrogens (tertiary/aromatic N) is 2. The molecule has 2 aromatic rings. The van der Waals surface area contributed by atoms with Crippen molar-refractivity contribution in [3.05, 3.63) is 47.8 Å². The lowest BCUT2D eigenvalue weighted by Crippen LogP contribution is -2.48. The van der Waals surface area contributed by atoms with E-state index < -0.39 is 0 Å². The van der Waals surface area contributed by atoms with E-state index in [-0.39, 0.29) is 5.97 Å². The van der Waals surface area contributed by atoms with Gasteiger partial charge in [-0.1, -0.05) is 25.5 Å². The van der Waals surface area contributed by atoms with Crippen LogP contribution in [0.25, 0.3) is 5.52 Å². The average Bonchev–Trinajstić information content (AvgIpc) is 3.02. The maximum absolute atomic E-state index is 12.2. The minimum absolute atomic E-state index is 0.254. The molecule has 23 heavy (non-hydrogen) atoms. The molecule has 2 bridgehead atoms. The van der Waals surface area contributed by atoms with Gasteiger partial charge in [0.15, 0.2) is 0 Å². The van der Waals surface area contributed by atoms with Crippen molar-refractivity contribution >= 4 is 11.5 Å². The number of hydrogen-bond acceptors (Lipinski definition) is 3. The predicted octanol–water partition coefficient (Wildman–Crippen LogP) is 3.87. The molecule has 0 unspecified atom stereocenters. The van der Waals surface area contributed by atoms with E-state index in [1.54, 1.807) is 23.0 Å². The lowest BCUT2D eigenvalue weighted by molar-refractivity contribution is -0.0103. The number of esters is 1. The number of hydrogen-bond donors (Lipinski definition) is 0. The van der Waals surface area contributed by atoms with Gasteiger partial charge in [-0.3, -0.25) is 0 Å². The SMILES string of the molecule is CC1(C)[C@H]2CC=C(CCOC(=O)c3ccn4nccc4c3)[C@@H]1C2. The second-order valence-corrected chi connectivity index (χ2v) is 7.32. The molecule has 0 radical (unpaired) electrons. The lowest BCUT2D eigenvalue weighted by atomic mass is 9.48. The second-order valence-electron chi connectivity index (χ2n) is 7.32. The molecule has 0 saturated heterocycles. The number of aromatic nitrogens is 2. The highest BCUT2D eigenvalue weighted by Gasteiger charge is 2.50. The number of pyridine rings is 1. The Kier molecular flexibility index (Phi) is 3.29. The van der Waals surface area contributed by atoms with Gasteiger partial charge in [0, 0.05) is 18.8 Å². The monoisotopic (exact) mass is 310 g/mol. The third-order valence-electron chi connectivity index (χ3n) is 5.84. The fourth-order valence-corrected chi connectivity index (χ4v) is 4.15. The molecular formula is C19H22N2O2. The van der Waals surface area contributed by atoms with Gasteiger partial charge >= 0.3 is 5.97 Å². The largest absolute Gasteiger partial charge is 0.462 e. The van der Waals surface area contributed by atoms with Gasteiger partial charge in [-0.25, -0.2) is 9.31 Å². The zero-order valence-electron chi connectivity index (χ0n) is 13.7. The summed E-state index contributed by atoms with van der Waals surface area (Å²) in [6, 6.07) is 5.44. The fourth-order valence-electron chi connectivity index (χ4n) is 4.15. The Hall–Kier alpha value is -2.10. The van der Waals surface area contributed by atoms with Gasteiger partial charge in [0.05, 0.1) is 17.7 Å². The number of ether oxygens (including phenoxy) is 1. The maximum Gasteiger partial charge on any atom is 0.338 e. The Morgan fingerprint density at radius 3 is 3.09 bits per heavy atom. The highest BCUT2D eigenvalue weighted by atomic mass is 16.5. The molecule has 4 heteroatoms. The van der Waals surface area contributed by atoms with E-state index in [0.717, 1.165) is 17.9 Å². The first-order valence-corrected chi connectivity index (χ1v) is 8.35. The van der Waals surface area contributed by atoms with Crippen molar-refractivity contribution in [2.75, 3.05) is 6.61 Å². The molecule has 0 N–H and O–H groups in total. The van der Waals surface area contributed by atoms with Gasteiger partial charge in [-0.15, -0.1) is 0 Å². The van der Waals surface area contributed by atoms with Crippen LogP contribution in [0, 0.1) is 17.3 Å². The molecule has 1 fully saturated rings. The fraction of sp³-hybridized carbons (Fsp3) is 0.474. The molecule has 5 rings (SSSR count). The molecule has 3 aliphatic carbocycles. The van der Waals surface area contributed by atoms with Crippen molar-refractivity contribution in [2.24, 2.45) is 17.3 Å². The smallest absolute Gasteiger partial charge is 0.338 e. The Bertz CT molecular complexity index is 788. The first kappa shape index (κ1) is 14.5. The Morgan fingerprint density at radius 2 is 2.30 bits per heavy atom. The predicted molar refractivity (Wildman–Crippen MR) is 88.2 cm³/mol. The van der Waals surface area contributed by atoms with Crippen LogP contribution < -0.4 is 0 Å².